The molecule has 2 atom stereocenters. The fourth-order valence-corrected chi connectivity index (χ4v) is 2.90. The Morgan fingerprint density at radius 2 is 1.90 bits per heavy atom. The molecule has 0 saturated carbocycles. The van der Waals surface area contributed by atoms with Gasteiger partial charge < -0.3 is 10.4 Å². The van der Waals surface area contributed by atoms with E-state index in [1.807, 2.05) is 12.1 Å². The molecule has 2 rings (SSSR count). The standard InChI is InChI=1S/C17H25NO2/c1-17(2,3)13-9-7-12(8-10-13)15(16(19)20)14-6-4-5-11-18-14/h7-10,14-15,18H,4-6,11H2,1-3H3,(H,19,20)/t14-,15-/m0/s1. The van der Waals surface area contributed by atoms with Gasteiger partial charge in [-0.2, -0.15) is 0 Å². The Morgan fingerprint density at radius 1 is 1.25 bits per heavy atom. The number of carbonyl (C=O) groups is 1. The minimum absolute atomic E-state index is 0.0572. The van der Waals surface area contributed by atoms with Crippen LogP contribution in [-0.2, 0) is 10.2 Å². The molecule has 3 nitrogen and oxygen atoms in total. The zero-order valence-corrected chi connectivity index (χ0v) is 12.6. The summed E-state index contributed by atoms with van der Waals surface area (Å²) in [5.74, 6) is -1.17. The molecule has 1 saturated heterocycles. The summed E-state index contributed by atoms with van der Waals surface area (Å²) in [6.45, 7) is 7.42. The number of rotatable bonds is 3. The van der Waals surface area contributed by atoms with Crippen LogP contribution in [-0.4, -0.2) is 23.7 Å². The lowest BCUT2D eigenvalue weighted by molar-refractivity contribution is -0.139. The molecule has 0 aliphatic carbocycles. The van der Waals surface area contributed by atoms with E-state index >= 15 is 0 Å². The van der Waals surface area contributed by atoms with E-state index in [1.165, 1.54) is 5.56 Å². The van der Waals surface area contributed by atoms with Crippen LogP contribution in [0.5, 0.6) is 0 Å². The van der Waals surface area contributed by atoms with Crippen molar-refractivity contribution in [1.29, 1.82) is 0 Å². The minimum atomic E-state index is -0.729. The monoisotopic (exact) mass is 275 g/mol. The summed E-state index contributed by atoms with van der Waals surface area (Å²) in [6, 6.07) is 8.15. The number of hydrogen-bond acceptors (Lipinski definition) is 2. The van der Waals surface area contributed by atoms with Gasteiger partial charge in [0.2, 0.25) is 0 Å². The number of piperidine rings is 1. The molecule has 2 N–H and O–H groups in total. The molecule has 1 aromatic carbocycles. The summed E-state index contributed by atoms with van der Waals surface area (Å²) in [6.07, 6.45) is 3.20. The van der Waals surface area contributed by atoms with Crippen molar-refractivity contribution in [1.82, 2.24) is 5.32 Å². The first-order valence-corrected chi connectivity index (χ1v) is 7.46. The van der Waals surface area contributed by atoms with Crippen LogP contribution in [0.15, 0.2) is 24.3 Å². The first kappa shape index (κ1) is 15.0. The maximum absolute atomic E-state index is 11.6. The first-order valence-electron chi connectivity index (χ1n) is 7.46. The van der Waals surface area contributed by atoms with Crippen molar-refractivity contribution in [3.05, 3.63) is 35.4 Å². The van der Waals surface area contributed by atoms with Crippen LogP contribution in [0.3, 0.4) is 0 Å². The van der Waals surface area contributed by atoms with Gasteiger partial charge in [-0.15, -0.1) is 0 Å². The van der Waals surface area contributed by atoms with Gasteiger partial charge in [0.05, 0.1) is 5.92 Å². The van der Waals surface area contributed by atoms with E-state index in [2.05, 4.69) is 38.2 Å². The lowest BCUT2D eigenvalue weighted by atomic mass is 9.83. The average molecular weight is 275 g/mol. The Hall–Kier alpha value is -1.35. The van der Waals surface area contributed by atoms with Gasteiger partial charge in [-0.05, 0) is 35.9 Å². The summed E-state index contributed by atoms with van der Waals surface area (Å²) in [4.78, 5) is 11.6. The molecular formula is C17H25NO2. The molecule has 3 heteroatoms. The lowest BCUT2D eigenvalue weighted by Gasteiger charge is -2.29. The molecule has 1 aromatic rings. The quantitative estimate of drug-likeness (QED) is 0.890. The number of benzene rings is 1. The molecule has 1 aliphatic heterocycles. The third-order valence-electron chi connectivity index (χ3n) is 4.15. The maximum atomic E-state index is 11.6. The molecular weight excluding hydrogens is 250 g/mol. The van der Waals surface area contributed by atoms with Gasteiger partial charge in [-0.25, -0.2) is 0 Å². The molecule has 0 radical (unpaired) electrons. The van der Waals surface area contributed by atoms with E-state index in [0.29, 0.717) is 0 Å². The second-order valence-electron chi connectivity index (χ2n) is 6.74. The van der Waals surface area contributed by atoms with E-state index in [-0.39, 0.29) is 11.5 Å². The van der Waals surface area contributed by atoms with Gasteiger partial charge in [0.25, 0.3) is 0 Å². The smallest absolute Gasteiger partial charge is 0.312 e. The summed E-state index contributed by atoms with van der Waals surface area (Å²) in [7, 11) is 0. The van der Waals surface area contributed by atoms with Crippen LogP contribution < -0.4 is 5.32 Å². The van der Waals surface area contributed by atoms with E-state index in [9.17, 15) is 9.90 Å². The van der Waals surface area contributed by atoms with Crippen LogP contribution in [0.2, 0.25) is 0 Å². The van der Waals surface area contributed by atoms with Gasteiger partial charge in [-0.3, -0.25) is 4.79 Å². The molecule has 0 unspecified atom stereocenters. The van der Waals surface area contributed by atoms with E-state index in [4.69, 9.17) is 0 Å². The summed E-state index contributed by atoms with van der Waals surface area (Å²) >= 11 is 0. The second kappa shape index (κ2) is 5.96. The third-order valence-corrected chi connectivity index (χ3v) is 4.15. The Labute approximate surface area is 121 Å². The molecule has 0 spiro atoms. The lowest BCUT2D eigenvalue weighted by Crippen LogP contribution is -2.41. The molecule has 20 heavy (non-hydrogen) atoms. The molecule has 1 aliphatic rings. The van der Waals surface area contributed by atoms with E-state index in [0.717, 1.165) is 31.4 Å². The topological polar surface area (TPSA) is 49.3 Å². The van der Waals surface area contributed by atoms with E-state index in [1.54, 1.807) is 0 Å². The Bertz CT molecular complexity index is 453. The predicted octanol–water partition coefficient (Wildman–Crippen LogP) is 3.29. The van der Waals surface area contributed by atoms with Gasteiger partial charge >= 0.3 is 5.97 Å². The van der Waals surface area contributed by atoms with Crippen molar-refractivity contribution >= 4 is 5.97 Å². The Balaban J connectivity index is 2.23. The second-order valence-corrected chi connectivity index (χ2v) is 6.74. The summed E-state index contributed by atoms with van der Waals surface area (Å²) < 4.78 is 0. The SMILES string of the molecule is CC(C)(C)c1ccc([C@H](C(=O)O)[C@@H]2CCCCN2)cc1. The first-order chi connectivity index (χ1) is 9.39. The molecule has 1 heterocycles. The van der Waals surface area contributed by atoms with Crippen LogP contribution in [0, 0.1) is 0 Å². The van der Waals surface area contributed by atoms with Gasteiger partial charge in [0.15, 0.2) is 0 Å². The molecule has 0 bridgehead atoms. The number of nitrogens with one attached hydrogen (secondary N) is 1. The van der Waals surface area contributed by atoms with Crippen LogP contribution >= 0.6 is 0 Å². The van der Waals surface area contributed by atoms with Crippen molar-refractivity contribution in [2.75, 3.05) is 6.54 Å². The molecule has 110 valence electrons. The maximum Gasteiger partial charge on any atom is 0.312 e. The van der Waals surface area contributed by atoms with Crippen LogP contribution in [0.25, 0.3) is 0 Å². The van der Waals surface area contributed by atoms with Crippen molar-refractivity contribution in [2.45, 2.75) is 57.4 Å². The molecule has 0 amide bonds. The number of hydrogen-bond donors (Lipinski definition) is 2. The highest BCUT2D eigenvalue weighted by Gasteiger charge is 2.30. The number of aliphatic carboxylic acids is 1. The predicted molar refractivity (Wildman–Crippen MR) is 81.2 cm³/mol. The number of carboxylic acids is 1. The Morgan fingerprint density at radius 3 is 2.35 bits per heavy atom. The zero-order chi connectivity index (χ0) is 14.8. The van der Waals surface area contributed by atoms with Crippen molar-refractivity contribution in [3.63, 3.8) is 0 Å². The van der Waals surface area contributed by atoms with Gasteiger partial charge in [0, 0.05) is 6.04 Å². The van der Waals surface area contributed by atoms with Crippen molar-refractivity contribution < 1.29 is 9.90 Å². The minimum Gasteiger partial charge on any atom is -0.481 e. The Kier molecular flexibility index (Phi) is 4.48. The summed E-state index contributed by atoms with van der Waals surface area (Å²) in [5, 5.41) is 12.9. The van der Waals surface area contributed by atoms with Crippen LogP contribution in [0.1, 0.15) is 57.1 Å². The van der Waals surface area contributed by atoms with Gasteiger partial charge in [0.1, 0.15) is 0 Å². The highest BCUT2D eigenvalue weighted by atomic mass is 16.4. The van der Waals surface area contributed by atoms with E-state index < -0.39 is 11.9 Å². The zero-order valence-electron chi connectivity index (χ0n) is 12.6. The number of carboxylic acid groups (broad SMARTS) is 1. The summed E-state index contributed by atoms with van der Waals surface area (Å²) in [5.41, 5.74) is 2.24. The molecule has 0 aromatic heterocycles. The molecule has 1 fully saturated rings. The third kappa shape index (κ3) is 3.40. The van der Waals surface area contributed by atoms with Crippen molar-refractivity contribution in [3.8, 4) is 0 Å². The fraction of sp³-hybridized carbons (Fsp3) is 0.588. The largest absolute Gasteiger partial charge is 0.481 e. The van der Waals surface area contributed by atoms with Crippen LogP contribution in [0.4, 0.5) is 0 Å². The fourth-order valence-electron chi connectivity index (χ4n) is 2.90. The normalized spacial score (nSPS) is 21.4. The highest BCUT2D eigenvalue weighted by Crippen LogP contribution is 2.28. The average Bonchev–Trinajstić information content (AvgIpc) is 2.39. The highest BCUT2D eigenvalue weighted by molar-refractivity contribution is 5.77. The van der Waals surface area contributed by atoms with Gasteiger partial charge in [-0.1, -0.05) is 51.5 Å². The van der Waals surface area contributed by atoms with Crippen molar-refractivity contribution in [2.24, 2.45) is 0 Å².